The molecule has 17 heavy (non-hydrogen) atoms. The Kier molecular flexibility index (Phi) is 2.40. The van der Waals surface area contributed by atoms with Crippen LogP contribution in [0.1, 0.15) is 0 Å². The summed E-state index contributed by atoms with van der Waals surface area (Å²) in [7, 11) is 2.12. The standard InChI is InChI=1S/C12H15N3O2/c1-14-4-6-15(7-5-14)12-10-3-2-9(16)8-11(10)17-13-12/h2-3,8,16H,4-7H2,1H3. The number of likely N-dealkylation sites (N-methyl/N-ethyl adjacent to an activating group) is 1. The van der Waals surface area contributed by atoms with Gasteiger partial charge in [0, 0.05) is 32.2 Å². The molecule has 1 aliphatic heterocycles. The van der Waals surface area contributed by atoms with Crippen molar-refractivity contribution < 1.29 is 9.63 Å². The van der Waals surface area contributed by atoms with E-state index >= 15 is 0 Å². The molecule has 1 N–H and O–H groups in total. The van der Waals surface area contributed by atoms with Crippen LogP contribution < -0.4 is 4.90 Å². The fourth-order valence-electron chi connectivity index (χ4n) is 2.16. The molecule has 0 radical (unpaired) electrons. The maximum Gasteiger partial charge on any atom is 0.180 e. The van der Waals surface area contributed by atoms with Gasteiger partial charge in [0.1, 0.15) is 5.75 Å². The van der Waals surface area contributed by atoms with Gasteiger partial charge in [0.2, 0.25) is 0 Å². The second kappa shape index (κ2) is 3.92. The molecule has 1 saturated heterocycles. The van der Waals surface area contributed by atoms with E-state index in [1.165, 1.54) is 0 Å². The second-order valence-electron chi connectivity index (χ2n) is 4.48. The van der Waals surface area contributed by atoms with Crippen molar-refractivity contribution in [2.75, 3.05) is 38.1 Å². The average Bonchev–Trinajstić information content (AvgIpc) is 2.73. The van der Waals surface area contributed by atoms with Crippen molar-refractivity contribution in [2.24, 2.45) is 0 Å². The average molecular weight is 233 g/mol. The van der Waals surface area contributed by atoms with E-state index in [1.807, 2.05) is 6.07 Å². The number of phenols is 1. The first-order valence-corrected chi connectivity index (χ1v) is 5.76. The van der Waals surface area contributed by atoms with Crippen LogP contribution in [0, 0.1) is 0 Å². The lowest BCUT2D eigenvalue weighted by molar-refractivity contribution is 0.310. The lowest BCUT2D eigenvalue weighted by atomic mass is 10.2. The number of hydrogen-bond acceptors (Lipinski definition) is 5. The number of anilines is 1. The van der Waals surface area contributed by atoms with Crippen LogP contribution in [0.15, 0.2) is 22.7 Å². The van der Waals surface area contributed by atoms with Crippen molar-refractivity contribution in [3.8, 4) is 5.75 Å². The van der Waals surface area contributed by atoms with E-state index in [2.05, 4.69) is 22.0 Å². The summed E-state index contributed by atoms with van der Waals surface area (Å²) in [5, 5.41) is 14.4. The number of aromatic hydroxyl groups is 1. The Morgan fingerprint density at radius 3 is 2.76 bits per heavy atom. The minimum atomic E-state index is 0.207. The van der Waals surface area contributed by atoms with Crippen LogP contribution in [-0.2, 0) is 0 Å². The number of fused-ring (bicyclic) bond motifs is 1. The molecular formula is C12H15N3O2. The van der Waals surface area contributed by atoms with E-state index in [-0.39, 0.29) is 5.75 Å². The largest absolute Gasteiger partial charge is 0.508 e. The molecule has 2 heterocycles. The first kappa shape index (κ1) is 10.4. The van der Waals surface area contributed by atoms with Gasteiger partial charge in [-0.1, -0.05) is 5.16 Å². The number of nitrogens with zero attached hydrogens (tertiary/aromatic N) is 3. The fraction of sp³-hybridized carbons (Fsp3) is 0.417. The zero-order valence-electron chi connectivity index (χ0n) is 9.76. The van der Waals surface area contributed by atoms with Gasteiger partial charge in [0.25, 0.3) is 0 Å². The number of benzene rings is 1. The Hall–Kier alpha value is -1.75. The van der Waals surface area contributed by atoms with E-state index in [0.717, 1.165) is 37.4 Å². The quantitative estimate of drug-likeness (QED) is 0.804. The van der Waals surface area contributed by atoms with Crippen molar-refractivity contribution in [3.05, 3.63) is 18.2 Å². The molecule has 0 saturated carbocycles. The van der Waals surface area contributed by atoms with E-state index in [1.54, 1.807) is 12.1 Å². The molecule has 5 nitrogen and oxygen atoms in total. The molecule has 2 aromatic rings. The van der Waals surface area contributed by atoms with Crippen LogP contribution in [0.5, 0.6) is 5.75 Å². The maximum absolute atomic E-state index is 9.38. The number of hydrogen-bond donors (Lipinski definition) is 1. The Morgan fingerprint density at radius 1 is 1.24 bits per heavy atom. The van der Waals surface area contributed by atoms with E-state index in [4.69, 9.17) is 4.52 Å². The van der Waals surface area contributed by atoms with Crippen LogP contribution in [0.4, 0.5) is 5.82 Å². The number of piperazine rings is 1. The van der Waals surface area contributed by atoms with E-state index in [9.17, 15) is 5.11 Å². The van der Waals surface area contributed by atoms with Gasteiger partial charge in [-0.3, -0.25) is 0 Å². The molecule has 0 aliphatic carbocycles. The summed E-state index contributed by atoms with van der Waals surface area (Å²) >= 11 is 0. The van der Waals surface area contributed by atoms with E-state index < -0.39 is 0 Å². The second-order valence-corrected chi connectivity index (χ2v) is 4.48. The van der Waals surface area contributed by atoms with Gasteiger partial charge in [-0.15, -0.1) is 0 Å². The summed E-state index contributed by atoms with van der Waals surface area (Å²) in [6.07, 6.45) is 0. The van der Waals surface area contributed by atoms with Gasteiger partial charge in [0.15, 0.2) is 11.4 Å². The molecule has 0 atom stereocenters. The van der Waals surface area contributed by atoms with Crippen LogP contribution >= 0.6 is 0 Å². The number of rotatable bonds is 1. The van der Waals surface area contributed by atoms with Gasteiger partial charge in [-0.05, 0) is 19.2 Å². The van der Waals surface area contributed by atoms with E-state index in [0.29, 0.717) is 5.58 Å². The minimum Gasteiger partial charge on any atom is -0.508 e. The normalized spacial score (nSPS) is 17.8. The highest BCUT2D eigenvalue weighted by Gasteiger charge is 2.19. The fourth-order valence-corrected chi connectivity index (χ4v) is 2.16. The molecule has 3 rings (SSSR count). The lowest BCUT2D eigenvalue weighted by Crippen LogP contribution is -2.44. The van der Waals surface area contributed by atoms with Crippen LogP contribution in [0.2, 0.25) is 0 Å². The zero-order chi connectivity index (χ0) is 11.8. The molecule has 1 aromatic carbocycles. The van der Waals surface area contributed by atoms with Gasteiger partial charge in [0.05, 0.1) is 5.39 Å². The third kappa shape index (κ3) is 1.82. The predicted molar refractivity (Wildman–Crippen MR) is 65.4 cm³/mol. The monoisotopic (exact) mass is 233 g/mol. The molecule has 1 aliphatic rings. The number of aromatic nitrogens is 1. The highest BCUT2D eigenvalue weighted by molar-refractivity contribution is 5.89. The molecular weight excluding hydrogens is 218 g/mol. The molecule has 5 heteroatoms. The van der Waals surface area contributed by atoms with Crippen LogP contribution in [-0.4, -0.2) is 48.4 Å². The topological polar surface area (TPSA) is 52.7 Å². The van der Waals surface area contributed by atoms with Gasteiger partial charge < -0.3 is 19.4 Å². The first-order chi connectivity index (χ1) is 8.24. The summed E-state index contributed by atoms with van der Waals surface area (Å²) in [6, 6.07) is 5.12. The van der Waals surface area contributed by atoms with Crippen molar-refractivity contribution in [1.82, 2.24) is 10.1 Å². The number of phenolic OH excluding ortho intramolecular Hbond substituents is 1. The minimum absolute atomic E-state index is 0.207. The van der Waals surface area contributed by atoms with Crippen LogP contribution in [0.25, 0.3) is 11.0 Å². The van der Waals surface area contributed by atoms with Crippen molar-refractivity contribution in [2.45, 2.75) is 0 Å². The highest BCUT2D eigenvalue weighted by Crippen LogP contribution is 2.29. The van der Waals surface area contributed by atoms with Crippen LogP contribution in [0.3, 0.4) is 0 Å². The summed E-state index contributed by atoms with van der Waals surface area (Å²) in [5.74, 6) is 1.09. The molecule has 0 bridgehead atoms. The smallest absolute Gasteiger partial charge is 0.180 e. The predicted octanol–water partition coefficient (Wildman–Crippen LogP) is 1.29. The Bertz CT molecular complexity index is 530. The highest BCUT2D eigenvalue weighted by atomic mass is 16.5. The first-order valence-electron chi connectivity index (χ1n) is 5.76. The van der Waals surface area contributed by atoms with Gasteiger partial charge in [-0.2, -0.15) is 0 Å². The Labute approximate surface area is 99.2 Å². The van der Waals surface area contributed by atoms with Crippen molar-refractivity contribution >= 4 is 16.8 Å². The lowest BCUT2D eigenvalue weighted by Gasteiger charge is -2.32. The molecule has 0 unspecified atom stereocenters. The molecule has 1 aromatic heterocycles. The Balaban J connectivity index is 1.95. The molecule has 90 valence electrons. The molecule has 0 amide bonds. The summed E-state index contributed by atoms with van der Waals surface area (Å²) < 4.78 is 5.24. The Morgan fingerprint density at radius 2 is 2.00 bits per heavy atom. The molecule has 1 fully saturated rings. The summed E-state index contributed by atoms with van der Waals surface area (Å²) in [5.41, 5.74) is 0.638. The van der Waals surface area contributed by atoms with Crippen molar-refractivity contribution in [1.29, 1.82) is 0 Å². The maximum atomic E-state index is 9.38. The third-order valence-electron chi connectivity index (χ3n) is 3.24. The SMILES string of the molecule is CN1CCN(c2noc3cc(O)ccc23)CC1. The summed E-state index contributed by atoms with van der Waals surface area (Å²) in [4.78, 5) is 4.52. The molecule has 0 spiro atoms. The van der Waals surface area contributed by atoms with Gasteiger partial charge >= 0.3 is 0 Å². The van der Waals surface area contributed by atoms with Gasteiger partial charge in [-0.25, -0.2) is 0 Å². The summed E-state index contributed by atoms with van der Waals surface area (Å²) in [6.45, 7) is 3.98. The zero-order valence-corrected chi connectivity index (χ0v) is 9.76. The van der Waals surface area contributed by atoms with Crippen molar-refractivity contribution in [3.63, 3.8) is 0 Å². The third-order valence-corrected chi connectivity index (χ3v) is 3.24.